The first kappa shape index (κ1) is 112. The fraction of sp³-hybridized carbons (Fsp3) is 0.625. The number of likely N-dealkylation sites (tertiary alicyclic amines) is 8. The Balaban J connectivity index is 0.000000140. The summed E-state index contributed by atoms with van der Waals surface area (Å²) < 4.78 is 13.5. The van der Waals surface area contributed by atoms with E-state index in [0.717, 1.165) is 172 Å². The summed E-state index contributed by atoms with van der Waals surface area (Å²) in [7, 11) is 0. The molecule has 19 rings (SSSR count). The minimum absolute atomic E-state index is 0.116. The van der Waals surface area contributed by atoms with E-state index in [1.165, 1.54) is 251 Å². The summed E-state index contributed by atoms with van der Waals surface area (Å²) in [4.78, 5) is 69.6. The standard InChI is InChI=1S/C34H48N2O2.C32H45FN2O2.2C31H44N2O2S/c1-26(28-11-5-2-6-12-28)17-18-27-19-21-35(22-20-27)23-31-24-36(25-32(31)29-13-7-3-8-14-29)33(34(37)38)30-15-9-4-10-16-30;1-23(2)18-31(32(36)37)35-21-28(29(22-35)27-10-5-4-6-11-27)20-34-16-14-25(15-17-34)8-7-9-26-12-13-30(33)24(3)19-26;2*34-31(35)30(26-12-5-2-6-13-26)33-21-28(29(22-33)27-16-19-36-23-27)20-32-17-14-25(15-18-32)11-7-10-24-8-3-1-4-9-24/h2-3,5-8,11-14,26-27,30-33H,4,9-10,15-25H2,1H3,(H,37,38);4-6,10-13,19,23,25,28-29,31H,7-9,14-18,20-22H2,1-3H3,(H,36,37);2*1,3-4,8-9,16,19,23,25-26,28-30H,2,5-7,10-15,17-18,20-22H2,(H,34,35)/t26-,31+,32-,33-;28-,29+,31+;28-,29+,30+;28-,29+,30-/m1001/s1. The number of benzene rings is 6. The average Bonchev–Trinajstić information content (AvgIpc) is 1.65. The number of hydrogen-bond acceptors (Lipinski definition) is 14. The van der Waals surface area contributed by atoms with Gasteiger partial charge in [0.2, 0.25) is 0 Å². The van der Waals surface area contributed by atoms with Crippen LogP contribution in [0, 0.1) is 83.8 Å². The zero-order valence-electron chi connectivity index (χ0n) is 89.8. The molecular weight excluding hydrogens is 1860 g/mol. The Morgan fingerprint density at radius 2 is 0.653 bits per heavy atom. The second-order valence-electron chi connectivity index (χ2n) is 47.8. The number of piperidine rings is 4. The Labute approximate surface area is 891 Å². The van der Waals surface area contributed by atoms with E-state index in [-0.39, 0.29) is 23.9 Å². The summed E-state index contributed by atoms with van der Waals surface area (Å²) in [6, 6.07) is 63.1. The van der Waals surface area contributed by atoms with Crippen LogP contribution in [0.15, 0.2) is 204 Å². The zero-order valence-corrected chi connectivity index (χ0v) is 91.5. The number of carbonyl (C=O) groups is 4. The molecule has 0 unspecified atom stereocenters. The maximum absolute atomic E-state index is 13.5. The van der Waals surface area contributed by atoms with Gasteiger partial charge in [-0.25, -0.2) is 4.39 Å². The molecule has 10 heterocycles. The molecule has 800 valence electrons. The van der Waals surface area contributed by atoms with E-state index < -0.39 is 29.9 Å². The van der Waals surface area contributed by atoms with Gasteiger partial charge in [0.05, 0.1) is 0 Å². The Morgan fingerprint density at radius 3 is 0.973 bits per heavy atom. The van der Waals surface area contributed by atoms with Gasteiger partial charge in [-0.15, -0.1) is 0 Å². The Morgan fingerprint density at radius 1 is 0.340 bits per heavy atom. The van der Waals surface area contributed by atoms with Gasteiger partial charge in [0.25, 0.3) is 0 Å². The fourth-order valence-corrected chi connectivity index (χ4v) is 30.3. The van der Waals surface area contributed by atoms with Crippen molar-refractivity contribution in [2.45, 2.75) is 306 Å². The van der Waals surface area contributed by atoms with Crippen molar-refractivity contribution in [2.75, 3.05) is 131 Å². The van der Waals surface area contributed by atoms with Crippen LogP contribution in [0.25, 0.3) is 0 Å². The predicted octanol–water partition coefficient (Wildman–Crippen LogP) is 26.5. The van der Waals surface area contributed by atoms with Gasteiger partial charge in [0.15, 0.2) is 0 Å². The van der Waals surface area contributed by atoms with E-state index in [4.69, 9.17) is 0 Å². The molecular formula is C128H181FN8O8S2. The number of hydrogen-bond donors (Lipinski definition) is 4. The highest BCUT2D eigenvalue weighted by molar-refractivity contribution is 7.08. The molecule has 16 nitrogen and oxygen atoms in total. The van der Waals surface area contributed by atoms with Gasteiger partial charge >= 0.3 is 23.9 Å². The predicted molar refractivity (Wildman–Crippen MR) is 601 cm³/mol. The van der Waals surface area contributed by atoms with Crippen molar-refractivity contribution in [3.8, 4) is 0 Å². The highest BCUT2D eigenvalue weighted by atomic mass is 32.1. The first-order chi connectivity index (χ1) is 71.7. The molecule has 6 aromatic carbocycles. The maximum Gasteiger partial charge on any atom is 0.321 e. The quantitative estimate of drug-likeness (QED) is 0.0285. The molecule has 0 amide bonds. The van der Waals surface area contributed by atoms with Crippen LogP contribution in [0.1, 0.15) is 306 Å². The van der Waals surface area contributed by atoms with Crippen molar-refractivity contribution in [3.05, 3.63) is 259 Å². The number of halogens is 1. The summed E-state index contributed by atoms with van der Waals surface area (Å²) in [6.45, 7) is 29.4. The van der Waals surface area contributed by atoms with Crippen LogP contribution in [-0.4, -0.2) is 239 Å². The van der Waals surface area contributed by atoms with Gasteiger partial charge in [-0.3, -0.25) is 38.8 Å². The van der Waals surface area contributed by atoms with Crippen molar-refractivity contribution >= 4 is 46.6 Å². The van der Waals surface area contributed by atoms with Crippen LogP contribution in [-0.2, 0) is 38.4 Å². The number of carboxylic acids is 4. The summed E-state index contributed by atoms with van der Waals surface area (Å²) in [5, 5.41) is 49.7. The molecule has 2 aromatic heterocycles. The average molecular weight is 2040 g/mol. The third-order valence-corrected chi connectivity index (χ3v) is 38.6. The smallest absolute Gasteiger partial charge is 0.321 e. The second kappa shape index (κ2) is 57.8. The molecule has 11 aliphatic rings. The van der Waals surface area contributed by atoms with E-state index >= 15 is 0 Å². The molecule has 11 fully saturated rings. The molecule has 3 aliphatic carbocycles. The topological polar surface area (TPSA) is 175 Å². The third-order valence-electron chi connectivity index (χ3n) is 37.2. The molecule has 8 saturated heterocycles. The van der Waals surface area contributed by atoms with Gasteiger partial charge in [0, 0.05) is 102 Å². The lowest BCUT2D eigenvalue weighted by Gasteiger charge is -2.35. The van der Waals surface area contributed by atoms with Crippen LogP contribution >= 0.6 is 22.7 Å². The van der Waals surface area contributed by atoms with Crippen molar-refractivity contribution in [1.29, 1.82) is 0 Å². The zero-order chi connectivity index (χ0) is 102. The molecule has 3 saturated carbocycles. The number of rotatable bonds is 41. The van der Waals surface area contributed by atoms with Crippen LogP contribution in [0.2, 0.25) is 0 Å². The highest BCUT2D eigenvalue weighted by Crippen LogP contribution is 2.46. The van der Waals surface area contributed by atoms with E-state index in [0.29, 0.717) is 83.4 Å². The van der Waals surface area contributed by atoms with Crippen molar-refractivity contribution in [3.63, 3.8) is 0 Å². The Hall–Kier alpha value is -7.79. The summed E-state index contributed by atoms with van der Waals surface area (Å²) in [5.41, 5.74) is 12.0. The summed E-state index contributed by atoms with van der Waals surface area (Å²) in [5.74, 6) is 6.43. The first-order valence-electron chi connectivity index (χ1n) is 58.5. The highest BCUT2D eigenvalue weighted by Gasteiger charge is 2.49. The van der Waals surface area contributed by atoms with Gasteiger partial charge in [-0.1, -0.05) is 262 Å². The monoisotopic (exact) mass is 2040 g/mol. The lowest BCUT2D eigenvalue weighted by Crippen LogP contribution is -2.46. The van der Waals surface area contributed by atoms with Crippen LogP contribution in [0.4, 0.5) is 4.39 Å². The van der Waals surface area contributed by atoms with Gasteiger partial charge < -0.3 is 40.0 Å². The number of thiophene rings is 2. The van der Waals surface area contributed by atoms with Crippen LogP contribution in [0.5, 0.6) is 0 Å². The van der Waals surface area contributed by atoms with E-state index in [1.54, 1.807) is 28.7 Å². The number of nitrogens with zero attached hydrogens (tertiary/aromatic N) is 8. The fourth-order valence-electron chi connectivity index (χ4n) is 28.9. The van der Waals surface area contributed by atoms with E-state index in [1.807, 2.05) is 19.1 Å². The van der Waals surface area contributed by atoms with Gasteiger partial charge in [-0.2, -0.15) is 22.7 Å². The Kier molecular flexibility index (Phi) is 44.0. The molecule has 19 heteroatoms. The van der Waals surface area contributed by atoms with Crippen molar-refractivity contribution < 1.29 is 44.0 Å². The van der Waals surface area contributed by atoms with Crippen molar-refractivity contribution in [2.24, 2.45) is 71.0 Å². The van der Waals surface area contributed by atoms with Crippen LogP contribution < -0.4 is 0 Å². The molecule has 8 aromatic rings. The van der Waals surface area contributed by atoms with Crippen molar-refractivity contribution in [1.82, 2.24) is 39.2 Å². The van der Waals surface area contributed by atoms with Gasteiger partial charge in [0.1, 0.15) is 30.0 Å². The maximum atomic E-state index is 13.5. The summed E-state index contributed by atoms with van der Waals surface area (Å²) >= 11 is 3.55. The molecule has 0 spiro atoms. The minimum Gasteiger partial charge on any atom is -0.480 e. The van der Waals surface area contributed by atoms with Crippen LogP contribution in [0.3, 0.4) is 0 Å². The number of aliphatic carboxylic acids is 4. The third kappa shape index (κ3) is 33.1. The largest absolute Gasteiger partial charge is 0.480 e. The van der Waals surface area contributed by atoms with Gasteiger partial charge in [-0.05, 0) is 374 Å². The summed E-state index contributed by atoms with van der Waals surface area (Å²) in [6.07, 6.45) is 42.2. The van der Waals surface area contributed by atoms with E-state index in [9.17, 15) is 44.0 Å². The lowest BCUT2D eigenvalue weighted by molar-refractivity contribution is -0.146. The number of aryl methyl sites for hydroxylation is 4. The minimum atomic E-state index is -0.683. The molecule has 0 bridgehead atoms. The Bertz CT molecular complexity index is 4940. The molecule has 147 heavy (non-hydrogen) atoms. The lowest BCUT2D eigenvalue weighted by atomic mass is 9.83. The molecule has 0 radical (unpaired) electrons. The van der Waals surface area contributed by atoms with E-state index in [2.05, 4.69) is 245 Å². The molecule has 13 atom stereocenters. The molecule has 4 N–H and O–H groups in total. The first-order valence-corrected chi connectivity index (χ1v) is 60.4. The SMILES string of the molecule is C[C@H](CCC1CCN(C[C@H]2CN([C@@H](C(=O)O)C3CCCCC3)C[C@@H]2c2ccccc2)CC1)c1ccccc1.Cc1cc(CCCC2CCN(C[C@H]3CN([C@H](CC(C)C)C(=O)O)C[C@@H]3c3ccccc3)CC2)ccc1F.O=C(O)[C@@H](C1CCCCC1)N1C[C@@H](CN2CCC(CCCc3ccccc3)CC2)[C@H](c2ccsc2)C1.O=C(O)[C@@H](C1CCCCC1)N1C[C@H](CN2CCC(CCCc3ccccc3)CC2)[C@@H](c2ccsc2)C1. The second-order valence-corrected chi connectivity index (χ2v) is 49.4. The number of carboxylic acid groups (broad SMARTS) is 4. The molecule has 8 aliphatic heterocycles. The normalized spacial score (nSPS) is 25.0.